The van der Waals surface area contributed by atoms with E-state index in [0.29, 0.717) is 17.5 Å². The van der Waals surface area contributed by atoms with Gasteiger partial charge in [-0.1, -0.05) is 13.8 Å². The number of fused-ring (bicyclic) bond motifs is 3. The first-order chi connectivity index (χ1) is 11.1. The molecule has 4 rings (SSSR count). The smallest absolute Gasteiger partial charge is 0.217 e. The van der Waals surface area contributed by atoms with Crippen LogP contribution in [0.1, 0.15) is 25.1 Å². The summed E-state index contributed by atoms with van der Waals surface area (Å²) >= 11 is 0. The fraction of sp³-hybridized carbons (Fsp3) is 0.353. The molecule has 4 aromatic rings. The topological polar surface area (TPSA) is 61.2 Å². The van der Waals surface area contributed by atoms with Crippen molar-refractivity contribution in [3.63, 3.8) is 0 Å². The Hall–Kier alpha value is -2.63. The third-order valence-corrected chi connectivity index (χ3v) is 4.24. The monoisotopic (exact) mass is 309 g/mol. The molecule has 0 aliphatic heterocycles. The summed E-state index contributed by atoms with van der Waals surface area (Å²) in [6, 6.07) is 3.70. The van der Waals surface area contributed by atoms with Crippen molar-refractivity contribution in [1.29, 1.82) is 0 Å². The molecule has 0 atom stereocenters. The van der Waals surface area contributed by atoms with Crippen LogP contribution in [0.25, 0.3) is 28.3 Å². The quantitative estimate of drug-likeness (QED) is 0.580. The number of aromatic nitrogens is 5. The van der Waals surface area contributed by atoms with Gasteiger partial charge in [0.05, 0.1) is 11.6 Å². The van der Waals surface area contributed by atoms with Crippen LogP contribution < -0.4 is 0 Å². The van der Waals surface area contributed by atoms with E-state index in [1.54, 1.807) is 17.1 Å². The molecule has 0 amide bonds. The number of rotatable bonds is 3. The van der Waals surface area contributed by atoms with Gasteiger partial charge in [0.25, 0.3) is 0 Å². The van der Waals surface area contributed by atoms with Gasteiger partial charge in [0.15, 0.2) is 11.4 Å². The summed E-state index contributed by atoms with van der Waals surface area (Å²) < 4.78 is 9.41. The van der Waals surface area contributed by atoms with Gasteiger partial charge < -0.3 is 8.98 Å². The van der Waals surface area contributed by atoms with Crippen LogP contribution in [0.15, 0.2) is 29.1 Å². The summed E-state index contributed by atoms with van der Waals surface area (Å²) in [6.45, 7) is 9.63. The minimum Gasteiger partial charge on any atom is -0.461 e. The maximum absolute atomic E-state index is 5.41. The Bertz CT molecular complexity index is 991. The number of aryl methyl sites for hydroxylation is 1. The molecule has 0 radical (unpaired) electrons. The predicted octanol–water partition coefficient (Wildman–Crippen LogP) is 3.61. The van der Waals surface area contributed by atoms with Crippen LogP contribution in [0, 0.1) is 19.8 Å². The Kier molecular flexibility index (Phi) is 3.01. The fourth-order valence-electron chi connectivity index (χ4n) is 3.03. The highest BCUT2D eigenvalue weighted by Crippen LogP contribution is 2.28. The lowest BCUT2D eigenvalue weighted by molar-refractivity contribution is 0.524. The second kappa shape index (κ2) is 4.94. The molecule has 4 aromatic heterocycles. The van der Waals surface area contributed by atoms with E-state index < -0.39 is 0 Å². The zero-order chi connectivity index (χ0) is 16.1. The molecule has 23 heavy (non-hydrogen) atoms. The van der Waals surface area contributed by atoms with Gasteiger partial charge >= 0.3 is 0 Å². The maximum atomic E-state index is 5.41. The van der Waals surface area contributed by atoms with Crippen molar-refractivity contribution < 1.29 is 4.42 Å². The van der Waals surface area contributed by atoms with Crippen LogP contribution in [-0.2, 0) is 6.54 Å². The summed E-state index contributed by atoms with van der Waals surface area (Å²) in [7, 11) is 0. The largest absolute Gasteiger partial charge is 0.461 e. The molecule has 0 bridgehead atoms. The Morgan fingerprint density at radius 2 is 2.04 bits per heavy atom. The lowest BCUT2D eigenvalue weighted by Crippen LogP contribution is -2.07. The summed E-state index contributed by atoms with van der Waals surface area (Å²) in [5.74, 6) is 1.80. The Labute approximate surface area is 133 Å². The van der Waals surface area contributed by atoms with Crippen molar-refractivity contribution in [3.8, 4) is 11.6 Å². The van der Waals surface area contributed by atoms with Gasteiger partial charge in [-0.25, -0.2) is 14.5 Å². The Morgan fingerprint density at radius 1 is 1.22 bits per heavy atom. The van der Waals surface area contributed by atoms with Crippen LogP contribution in [0.3, 0.4) is 0 Å². The highest BCUT2D eigenvalue weighted by atomic mass is 16.3. The highest BCUT2D eigenvalue weighted by molar-refractivity contribution is 5.94. The zero-order valence-electron chi connectivity index (χ0n) is 13.7. The average molecular weight is 309 g/mol. The van der Waals surface area contributed by atoms with Gasteiger partial charge in [-0.3, -0.25) is 0 Å². The normalized spacial score (nSPS) is 12.0. The molecule has 0 spiro atoms. The molecule has 0 saturated carbocycles. The molecule has 0 aliphatic rings. The average Bonchev–Trinajstić information content (AvgIpc) is 3.21. The lowest BCUT2D eigenvalue weighted by Gasteiger charge is -2.10. The van der Waals surface area contributed by atoms with Crippen LogP contribution in [-0.4, -0.2) is 24.1 Å². The molecule has 0 saturated heterocycles. The first kappa shape index (κ1) is 14.0. The van der Waals surface area contributed by atoms with Gasteiger partial charge in [-0.2, -0.15) is 0 Å². The lowest BCUT2D eigenvalue weighted by atomic mass is 10.2. The molecule has 0 aromatic carbocycles. The third kappa shape index (κ3) is 2.05. The van der Waals surface area contributed by atoms with Gasteiger partial charge in [-0.15, -0.1) is 5.10 Å². The molecular formula is C17H19N5O. The molecule has 0 fully saturated rings. The maximum Gasteiger partial charge on any atom is 0.217 e. The Morgan fingerprint density at radius 3 is 2.74 bits per heavy atom. The summed E-state index contributed by atoms with van der Waals surface area (Å²) in [5, 5.41) is 5.55. The van der Waals surface area contributed by atoms with Crippen LogP contribution in [0.4, 0.5) is 0 Å². The van der Waals surface area contributed by atoms with Crippen molar-refractivity contribution >= 4 is 16.7 Å². The van der Waals surface area contributed by atoms with E-state index in [-0.39, 0.29) is 0 Å². The van der Waals surface area contributed by atoms with Crippen LogP contribution in [0.2, 0.25) is 0 Å². The summed E-state index contributed by atoms with van der Waals surface area (Å²) in [4.78, 5) is 9.31. The molecule has 4 heterocycles. The first-order valence-corrected chi connectivity index (χ1v) is 7.81. The van der Waals surface area contributed by atoms with Crippen molar-refractivity contribution in [2.24, 2.45) is 5.92 Å². The van der Waals surface area contributed by atoms with Gasteiger partial charge in [0, 0.05) is 12.2 Å². The van der Waals surface area contributed by atoms with Gasteiger partial charge in [0.1, 0.15) is 12.0 Å². The second-order valence-electron chi connectivity index (χ2n) is 6.34. The third-order valence-electron chi connectivity index (χ3n) is 4.24. The molecule has 6 nitrogen and oxygen atoms in total. The standard InChI is InChI=1S/C17H19N5O/c1-10(2)8-21-12(4)11(3)14-16(21)18-9-22-17(14)19-15(20-22)13-6-5-7-23-13/h5-7,9-10H,8H2,1-4H3. The fourth-order valence-corrected chi connectivity index (χ4v) is 3.03. The van der Waals surface area contributed by atoms with Gasteiger partial charge in [-0.05, 0) is 37.5 Å². The molecule has 0 aliphatic carbocycles. The van der Waals surface area contributed by atoms with E-state index in [0.717, 1.165) is 23.2 Å². The molecule has 0 unspecified atom stereocenters. The van der Waals surface area contributed by atoms with Crippen LogP contribution in [0.5, 0.6) is 0 Å². The van der Waals surface area contributed by atoms with Crippen molar-refractivity contribution in [2.45, 2.75) is 34.2 Å². The van der Waals surface area contributed by atoms with Crippen molar-refractivity contribution in [2.75, 3.05) is 0 Å². The number of nitrogens with zero attached hydrogens (tertiary/aromatic N) is 5. The predicted molar refractivity (Wildman–Crippen MR) is 88.3 cm³/mol. The first-order valence-electron chi connectivity index (χ1n) is 7.81. The molecule has 6 heteroatoms. The number of furan rings is 1. The van der Waals surface area contributed by atoms with E-state index in [1.165, 1.54) is 11.3 Å². The number of hydrogen-bond acceptors (Lipinski definition) is 4. The van der Waals surface area contributed by atoms with E-state index in [2.05, 4.69) is 47.3 Å². The van der Waals surface area contributed by atoms with E-state index in [4.69, 9.17) is 4.42 Å². The minimum absolute atomic E-state index is 0.554. The minimum atomic E-state index is 0.554. The molecular weight excluding hydrogens is 290 g/mol. The summed E-state index contributed by atoms with van der Waals surface area (Å²) in [5.41, 5.74) is 4.23. The second-order valence-corrected chi connectivity index (χ2v) is 6.34. The van der Waals surface area contributed by atoms with E-state index >= 15 is 0 Å². The van der Waals surface area contributed by atoms with Crippen LogP contribution >= 0.6 is 0 Å². The van der Waals surface area contributed by atoms with E-state index in [1.807, 2.05) is 12.1 Å². The molecule has 0 N–H and O–H groups in total. The zero-order valence-corrected chi connectivity index (χ0v) is 13.7. The van der Waals surface area contributed by atoms with Gasteiger partial charge in [0.2, 0.25) is 5.82 Å². The Balaban J connectivity index is 2.01. The summed E-state index contributed by atoms with van der Waals surface area (Å²) in [6.07, 6.45) is 3.36. The van der Waals surface area contributed by atoms with Crippen molar-refractivity contribution in [1.82, 2.24) is 24.1 Å². The highest BCUT2D eigenvalue weighted by Gasteiger charge is 2.19. The van der Waals surface area contributed by atoms with Crippen molar-refractivity contribution in [3.05, 3.63) is 36.0 Å². The SMILES string of the molecule is Cc1c(C)n(CC(C)C)c2ncn3nc(-c4ccco4)nc3c12. The van der Waals surface area contributed by atoms with E-state index in [9.17, 15) is 0 Å². The number of hydrogen-bond donors (Lipinski definition) is 0. The molecule has 118 valence electrons.